The molecule has 0 radical (unpaired) electrons. The Kier molecular flexibility index (Phi) is 5.00. The molecule has 0 heterocycles. The SMILES string of the molecule is CCC(C)c1ccc(NC(=O)C(C)Br)cc1. The predicted octanol–water partition coefficient (Wildman–Crippen LogP) is 3.92. The lowest BCUT2D eigenvalue weighted by atomic mass is 9.99. The van der Waals surface area contributed by atoms with E-state index >= 15 is 0 Å². The average Bonchev–Trinajstić information content (AvgIpc) is 2.28. The maximum absolute atomic E-state index is 11.4. The van der Waals surface area contributed by atoms with Crippen molar-refractivity contribution in [1.29, 1.82) is 0 Å². The second-order valence-corrected chi connectivity index (χ2v) is 5.41. The largest absolute Gasteiger partial charge is 0.325 e. The van der Waals surface area contributed by atoms with Crippen LogP contribution in [0, 0.1) is 0 Å². The molecule has 0 aliphatic rings. The molecule has 1 N–H and O–H groups in total. The van der Waals surface area contributed by atoms with Gasteiger partial charge in [0.15, 0.2) is 0 Å². The Balaban J connectivity index is 2.68. The molecule has 0 saturated carbocycles. The number of amides is 1. The first-order valence-electron chi connectivity index (χ1n) is 5.59. The molecule has 3 heteroatoms. The molecule has 0 aromatic heterocycles. The molecule has 0 bridgehead atoms. The fourth-order valence-electron chi connectivity index (χ4n) is 1.37. The van der Waals surface area contributed by atoms with Crippen molar-refractivity contribution in [3.8, 4) is 0 Å². The van der Waals surface area contributed by atoms with Crippen molar-refractivity contribution < 1.29 is 4.79 Å². The first-order valence-corrected chi connectivity index (χ1v) is 6.51. The lowest BCUT2D eigenvalue weighted by molar-refractivity contribution is -0.115. The van der Waals surface area contributed by atoms with Crippen LogP contribution >= 0.6 is 15.9 Å². The summed E-state index contributed by atoms with van der Waals surface area (Å²) in [5, 5.41) is 2.84. The van der Waals surface area contributed by atoms with Crippen LogP contribution in [0.2, 0.25) is 0 Å². The lowest BCUT2D eigenvalue weighted by Gasteiger charge is -2.11. The van der Waals surface area contributed by atoms with Gasteiger partial charge in [0.2, 0.25) is 5.91 Å². The molecule has 1 rings (SSSR count). The monoisotopic (exact) mass is 283 g/mol. The minimum absolute atomic E-state index is 0.0173. The van der Waals surface area contributed by atoms with Crippen LogP contribution in [0.1, 0.15) is 38.7 Å². The van der Waals surface area contributed by atoms with Gasteiger partial charge in [0.05, 0.1) is 4.83 Å². The van der Waals surface area contributed by atoms with Crippen LogP contribution in [0.15, 0.2) is 24.3 Å². The molecule has 2 nitrogen and oxygen atoms in total. The van der Waals surface area contributed by atoms with E-state index in [9.17, 15) is 4.79 Å². The van der Waals surface area contributed by atoms with Gasteiger partial charge in [0.1, 0.15) is 0 Å². The summed E-state index contributed by atoms with van der Waals surface area (Å²) in [4.78, 5) is 11.3. The zero-order chi connectivity index (χ0) is 12.1. The maximum atomic E-state index is 11.4. The van der Waals surface area contributed by atoms with Crippen molar-refractivity contribution >= 4 is 27.5 Å². The Morgan fingerprint density at radius 2 is 1.88 bits per heavy atom. The van der Waals surface area contributed by atoms with Crippen molar-refractivity contribution in [3.05, 3.63) is 29.8 Å². The molecular weight excluding hydrogens is 266 g/mol. The van der Waals surface area contributed by atoms with Crippen molar-refractivity contribution in [2.75, 3.05) is 5.32 Å². The number of nitrogens with one attached hydrogen (secondary N) is 1. The summed E-state index contributed by atoms with van der Waals surface area (Å²) in [7, 11) is 0. The molecule has 1 aromatic carbocycles. The number of alkyl halides is 1. The zero-order valence-electron chi connectivity index (χ0n) is 9.96. The van der Waals surface area contributed by atoms with Gasteiger partial charge in [0, 0.05) is 5.69 Å². The van der Waals surface area contributed by atoms with E-state index in [-0.39, 0.29) is 10.7 Å². The number of carbonyl (C=O) groups is 1. The first kappa shape index (κ1) is 13.2. The highest BCUT2D eigenvalue weighted by Gasteiger charge is 2.08. The van der Waals surface area contributed by atoms with Gasteiger partial charge in [-0.2, -0.15) is 0 Å². The smallest absolute Gasteiger partial charge is 0.237 e. The van der Waals surface area contributed by atoms with Crippen LogP contribution in [0.5, 0.6) is 0 Å². The number of hydrogen-bond donors (Lipinski definition) is 1. The fourth-order valence-corrected chi connectivity index (χ4v) is 1.49. The van der Waals surface area contributed by atoms with Gasteiger partial charge in [-0.1, -0.05) is 41.9 Å². The Morgan fingerprint density at radius 1 is 1.31 bits per heavy atom. The number of benzene rings is 1. The summed E-state index contributed by atoms with van der Waals surface area (Å²) >= 11 is 3.23. The van der Waals surface area contributed by atoms with Crippen molar-refractivity contribution in [1.82, 2.24) is 0 Å². The molecule has 16 heavy (non-hydrogen) atoms. The van der Waals surface area contributed by atoms with E-state index < -0.39 is 0 Å². The third-order valence-electron chi connectivity index (χ3n) is 2.72. The van der Waals surface area contributed by atoms with E-state index in [1.165, 1.54) is 5.56 Å². The highest BCUT2D eigenvalue weighted by Crippen LogP contribution is 2.20. The number of rotatable bonds is 4. The topological polar surface area (TPSA) is 29.1 Å². The molecule has 1 aromatic rings. The minimum Gasteiger partial charge on any atom is -0.325 e. The van der Waals surface area contributed by atoms with Crippen LogP contribution < -0.4 is 5.32 Å². The van der Waals surface area contributed by atoms with Gasteiger partial charge in [-0.25, -0.2) is 0 Å². The van der Waals surface area contributed by atoms with Gasteiger partial charge >= 0.3 is 0 Å². The van der Waals surface area contributed by atoms with Gasteiger partial charge in [-0.05, 0) is 37.0 Å². The van der Waals surface area contributed by atoms with Gasteiger partial charge in [0.25, 0.3) is 0 Å². The molecule has 88 valence electrons. The molecule has 0 aliphatic heterocycles. The van der Waals surface area contributed by atoms with Crippen LogP contribution in [0.25, 0.3) is 0 Å². The van der Waals surface area contributed by atoms with Crippen LogP contribution in [0.4, 0.5) is 5.69 Å². The third kappa shape index (κ3) is 3.63. The summed E-state index contributed by atoms with van der Waals surface area (Å²) in [6, 6.07) is 8.05. The van der Waals surface area contributed by atoms with E-state index in [4.69, 9.17) is 0 Å². The first-order chi connectivity index (χ1) is 7.54. The van der Waals surface area contributed by atoms with E-state index in [1.54, 1.807) is 0 Å². The molecule has 2 unspecified atom stereocenters. The predicted molar refractivity (Wildman–Crippen MR) is 72.2 cm³/mol. The van der Waals surface area contributed by atoms with E-state index in [2.05, 4.69) is 47.2 Å². The Morgan fingerprint density at radius 3 is 2.31 bits per heavy atom. The van der Waals surface area contributed by atoms with Gasteiger partial charge in [-0.3, -0.25) is 4.79 Å². The zero-order valence-corrected chi connectivity index (χ0v) is 11.5. The van der Waals surface area contributed by atoms with Crippen molar-refractivity contribution in [2.45, 2.75) is 37.9 Å². The summed E-state index contributed by atoms with van der Waals surface area (Å²) < 4.78 is 0. The molecule has 0 fully saturated rings. The minimum atomic E-state index is -0.165. The molecule has 1 amide bonds. The van der Waals surface area contributed by atoms with Crippen LogP contribution in [0.3, 0.4) is 0 Å². The standard InChI is InChI=1S/C13H18BrNO/c1-4-9(2)11-5-7-12(8-6-11)15-13(16)10(3)14/h5-10H,4H2,1-3H3,(H,15,16). The lowest BCUT2D eigenvalue weighted by Crippen LogP contribution is -2.19. The van der Waals surface area contributed by atoms with Crippen LogP contribution in [-0.4, -0.2) is 10.7 Å². The Hall–Kier alpha value is -0.830. The summed E-state index contributed by atoms with van der Waals surface area (Å²) in [6.45, 7) is 6.18. The number of carbonyl (C=O) groups excluding carboxylic acids is 1. The summed E-state index contributed by atoms with van der Waals surface area (Å²) in [6.07, 6.45) is 1.13. The fraction of sp³-hybridized carbons (Fsp3) is 0.462. The third-order valence-corrected chi connectivity index (χ3v) is 3.14. The normalized spacial score (nSPS) is 14.2. The van der Waals surface area contributed by atoms with Gasteiger partial charge < -0.3 is 5.32 Å². The molecular formula is C13H18BrNO. The second kappa shape index (κ2) is 6.04. The maximum Gasteiger partial charge on any atom is 0.237 e. The van der Waals surface area contributed by atoms with E-state index in [0.717, 1.165) is 12.1 Å². The van der Waals surface area contributed by atoms with Crippen LogP contribution in [-0.2, 0) is 4.79 Å². The van der Waals surface area contributed by atoms with Crippen molar-refractivity contribution in [2.24, 2.45) is 0 Å². The Labute approximate surface area is 106 Å². The van der Waals surface area contributed by atoms with Gasteiger partial charge in [-0.15, -0.1) is 0 Å². The molecule has 0 spiro atoms. The highest BCUT2D eigenvalue weighted by molar-refractivity contribution is 9.10. The van der Waals surface area contributed by atoms with E-state index in [1.807, 2.05) is 19.1 Å². The van der Waals surface area contributed by atoms with Crippen molar-refractivity contribution in [3.63, 3.8) is 0 Å². The average molecular weight is 284 g/mol. The summed E-state index contributed by atoms with van der Waals surface area (Å²) in [5.41, 5.74) is 2.16. The summed E-state index contributed by atoms with van der Waals surface area (Å²) in [5.74, 6) is 0.552. The van der Waals surface area contributed by atoms with E-state index in [0.29, 0.717) is 5.92 Å². The number of anilines is 1. The second-order valence-electron chi connectivity index (χ2n) is 4.04. The molecule has 2 atom stereocenters. The molecule has 0 saturated heterocycles. The number of halogens is 1. The highest BCUT2D eigenvalue weighted by atomic mass is 79.9. The quantitative estimate of drug-likeness (QED) is 0.834. The molecule has 0 aliphatic carbocycles. The Bertz CT molecular complexity index is 345. The number of hydrogen-bond acceptors (Lipinski definition) is 1.